The van der Waals surface area contributed by atoms with Crippen LogP contribution in [0.5, 0.6) is 17.4 Å². The summed E-state index contributed by atoms with van der Waals surface area (Å²) >= 11 is 0. The Morgan fingerprint density at radius 3 is 2.26 bits per heavy atom. The number of benzene rings is 2. The van der Waals surface area contributed by atoms with E-state index in [0.717, 1.165) is 23.5 Å². The van der Waals surface area contributed by atoms with E-state index in [9.17, 15) is 21.6 Å². The van der Waals surface area contributed by atoms with Crippen LogP contribution in [0.2, 0.25) is 0 Å². The predicted octanol–water partition coefficient (Wildman–Crippen LogP) is 4.77. The van der Waals surface area contributed by atoms with E-state index in [-0.39, 0.29) is 11.6 Å². The van der Waals surface area contributed by atoms with Crippen molar-refractivity contribution in [2.75, 3.05) is 4.72 Å². The molecule has 0 amide bonds. The lowest BCUT2D eigenvalue weighted by molar-refractivity contribution is -0.275. The monoisotopic (exact) mass is 505 g/mol. The van der Waals surface area contributed by atoms with E-state index in [1.165, 1.54) is 36.4 Å². The second-order valence-electron chi connectivity index (χ2n) is 7.30. The Labute approximate surface area is 198 Å². The van der Waals surface area contributed by atoms with Crippen LogP contribution in [0.3, 0.4) is 0 Å². The molecule has 0 radical (unpaired) electrons. The molecule has 9 nitrogen and oxygen atoms in total. The van der Waals surface area contributed by atoms with Gasteiger partial charge in [-0.2, -0.15) is 5.10 Å². The molecule has 0 unspecified atom stereocenters. The number of rotatable bonds is 7. The van der Waals surface area contributed by atoms with Crippen molar-refractivity contribution in [3.05, 3.63) is 78.1 Å². The van der Waals surface area contributed by atoms with E-state index >= 15 is 0 Å². The zero-order valence-electron chi connectivity index (χ0n) is 18.3. The zero-order valence-corrected chi connectivity index (χ0v) is 19.1. The number of aryl methyl sites for hydroxylation is 2. The third-order valence-corrected chi connectivity index (χ3v) is 5.97. The van der Waals surface area contributed by atoms with Crippen molar-refractivity contribution in [2.24, 2.45) is 0 Å². The first kappa shape index (κ1) is 24.0. The van der Waals surface area contributed by atoms with Crippen LogP contribution < -0.4 is 14.2 Å². The molecule has 1 N–H and O–H groups in total. The van der Waals surface area contributed by atoms with Crippen molar-refractivity contribution in [3.8, 4) is 23.2 Å². The van der Waals surface area contributed by atoms with Crippen molar-refractivity contribution in [3.63, 3.8) is 0 Å². The fraction of sp³-hybridized carbons (Fsp3) is 0.136. The molecule has 4 rings (SSSR count). The molecular formula is C22H18F3N5O4S. The number of nitrogens with zero attached hydrogens (tertiary/aromatic N) is 4. The zero-order chi connectivity index (χ0) is 25.2. The summed E-state index contributed by atoms with van der Waals surface area (Å²) in [5, 5.41) is 12.4. The van der Waals surface area contributed by atoms with E-state index in [4.69, 9.17) is 4.74 Å². The average Bonchev–Trinajstić information content (AvgIpc) is 3.12. The molecular weight excluding hydrogens is 487 g/mol. The van der Waals surface area contributed by atoms with E-state index in [0.29, 0.717) is 11.6 Å². The molecule has 0 bridgehead atoms. The van der Waals surface area contributed by atoms with E-state index in [1.807, 2.05) is 19.9 Å². The van der Waals surface area contributed by atoms with Gasteiger partial charge >= 0.3 is 6.36 Å². The first-order valence-electron chi connectivity index (χ1n) is 10.0. The summed E-state index contributed by atoms with van der Waals surface area (Å²) in [6, 6.07) is 15.3. The molecule has 0 spiro atoms. The highest BCUT2D eigenvalue weighted by Gasteiger charge is 2.34. The molecule has 0 aliphatic heterocycles. The number of halogens is 3. The maximum absolute atomic E-state index is 12.6. The predicted molar refractivity (Wildman–Crippen MR) is 119 cm³/mol. The van der Waals surface area contributed by atoms with Crippen molar-refractivity contribution in [1.29, 1.82) is 0 Å². The Morgan fingerprint density at radius 1 is 0.943 bits per heavy atom. The Balaban J connectivity index is 1.46. The van der Waals surface area contributed by atoms with Gasteiger partial charge in [0.1, 0.15) is 16.4 Å². The Hall–Kier alpha value is -4.13. The molecule has 0 saturated heterocycles. The second kappa shape index (κ2) is 9.25. The molecule has 0 aliphatic carbocycles. The van der Waals surface area contributed by atoms with Crippen LogP contribution in [-0.2, 0) is 10.0 Å². The maximum Gasteiger partial charge on any atom is 0.573 e. The van der Waals surface area contributed by atoms with Crippen LogP contribution in [-0.4, -0.2) is 34.8 Å². The van der Waals surface area contributed by atoms with Crippen molar-refractivity contribution in [2.45, 2.75) is 25.1 Å². The number of ether oxygens (including phenoxy) is 2. The molecule has 0 saturated carbocycles. The Kier molecular flexibility index (Phi) is 6.35. The summed E-state index contributed by atoms with van der Waals surface area (Å²) in [5.74, 6) is 0.209. The third kappa shape index (κ3) is 5.87. The molecule has 182 valence electrons. The fourth-order valence-corrected chi connectivity index (χ4v) is 4.33. The van der Waals surface area contributed by atoms with Crippen LogP contribution in [0.4, 0.5) is 18.9 Å². The number of para-hydroxylation sites is 1. The van der Waals surface area contributed by atoms with Gasteiger partial charge in [-0.05, 0) is 62.4 Å². The van der Waals surface area contributed by atoms with Gasteiger partial charge in [-0.15, -0.1) is 23.4 Å². The molecule has 2 heterocycles. The van der Waals surface area contributed by atoms with Gasteiger partial charge in [0.05, 0.1) is 5.69 Å². The van der Waals surface area contributed by atoms with Gasteiger partial charge in [-0.1, -0.05) is 12.1 Å². The number of anilines is 1. The van der Waals surface area contributed by atoms with Gasteiger partial charge in [0.15, 0.2) is 5.82 Å². The lowest BCUT2D eigenvalue weighted by atomic mass is 10.3. The lowest BCUT2D eigenvalue weighted by Gasteiger charge is -2.14. The number of aromatic nitrogens is 4. The van der Waals surface area contributed by atoms with Crippen LogP contribution in [0.25, 0.3) is 5.82 Å². The van der Waals surface area contributed by atoms with Crippen LogP contribution in [0.15, 0.2) is 71.6 Å². The van der Waals surface area contributed by atoms with Crippen LogP contribution >= 0.6 is 0 Å². The summed E-state index contributed by atoms with van der Waals surface area (Å²) in [5.41, 5.74) is 1.85. The fourth-order valence-electron chi connectivity index (χ4n) is 3.14. The first-order valence-corrected chi connectivity index (χ1v) is 11.5. The summed E-state index contributed by atoms with van der Waals surface area (Å²) in [6.45, 7) is 3.76. The minimum Gasteiger partial charge on any atom is -0.438 e. The van der Waals surface area contributed by atoms with Gasteiger partial charge in [-0.3, -0.25) is 4.72 Å². The number of nitrogens with one attached hydrogen (secondary N) is 1. The van der Waals surface area contributed by atoms with Gasteiger partial charge in [0.25, 0.3) is 10.0 Å². The summed E-state index contributed by atoms with van der Waals surface area (Å²) in [7, 11) is -4.37. The second-order valence-corrected chi connectivity index (χ2v) is 8.95. The van der Waals surface area contributed by atoms with Gasteiger partial charge in [-0.25, -0.2) is 13.1 Å². The molecule has 2 aromatic heterocycles. The SMILES string of the molecule is Cc1cc(C)n(-c2ccc(Oc3ccc(NS(=O)(=O)c4ccccc4OC(F)(F)F)cc3)nn2)n1. The van der Waals surface area contributed by atoms with Gasteiger partial charge < -0.3 is 9.47 Å². The lowest BCUT2D eigenvalue weighted by Crippen LogP contribution is -2.20. The standard InChI is InChI=1S/C22H18F3N5O4S/c1-14-13-15(2)30(28-14)20-11-12-21(27-26-20)33-17-9-7-16(8-10-17)29-35(31,32)19-6-4-3-5-18(19)34-22(23,24)25/h3-13,29H,1-2H3. The Bertz CT molecular complexity index is 1440. The molecule has 0 atom stereocenters. The highest BCUT2D eigenvalue weighted by molar-refractivity contribution is 7.92. The van der Waals surface area contributed by atoms with E-state index in [2.05, 4.69) is 24.8 Å². The number of alkyl halides is 3. The smallest absolute Gasteiger partial charge is 0.438 e. The minimum atomic E-state index is -5.04. The molecule has 4 aromatic rings. The number of sulfonamides is 1. The topological polar surface area (TPSA) is 108 Å². The molecule has 2 aromatic carbocycles. The van der Waals surface area contributed by atoms with Crippen molar-refractivity contribution < 1.29 is 31.1 Å². The van der Waals surface area contributed by atoms with E-state index in [1.54, 1.807) is 16.8 Å². The Morgan fingerprint density at radius 2 is 1.66 bits per heavy atom. The van der Waals surface area contributed by atoms with E-state index < -0.39 is 27.0 Å². The largest absolute Gasteiger partial charge is 0.573 e. The highest BCUT2D eigenvalue weighted by atomic mass is 32.2. The molecule has 0 fully saturated rings. The molecule has 35 heavy (non-hydrogen) atoms. The third-order valence-electron chi connectivity index (χ3n) is 4.55. The van der Waals surface area contributed by atoms with Gasteiger partial charge in [0, 0.05) is 17.4 Å². The van der Waals surface area contributed by atoms with Crippen LogP contribution in [0.1, 0.15) is 11.4 Å². The van der Waals surface area contributed by atoms with Gasteiger partial charge in [0.2, 0.25) is 5.88 Å². The normalized spacial score (nSPS) is 11.8. The average molecular weight is 505 g/mol. The maximum atomic E-state index is 12.6. The number of hydrogen-bond donors (Lipinski definition) is 1. The number of hydrogen-bond acceptors (Lipinski definition) is 7. The molecule has 13 heteroatoms. The van der Waals surface area contributed by atoms with Crippen molar-refractivity contribution >= 4 is 15.7 Å². The molecule has 0 aliphatic rings. The first-order chi connectivity index (χ1) is 16.5. The summed E-state index contributed by atoms with van der Waals surface area (Å²) < 4.78 is 76.5. The summed E-state index contributed by atoms with van der Waals surface area (Å²) in [4.78, 5) is -0.657. The summed E-state index contributed by atoms with van der Waals surface area (Å²) in [6.07, 6.45) is -5.04. The quantitative estimate of drug-likeness (QED) is 0.385. The minimum absolute atomic E-state index is 0.102. The van der Waals surface area contributed by atoms with Crippen molar-refractivity contribution in [1.82, 2.24) is 20.0 Å². The highest BCUT2D eigenvalue weighted by Crippen LogP contribution is 2.31. The van der Waals surface area contributed by atoms with Crippen LogP contribution in [0, 0.1) is 13.8 Å².